The van der Waals surface area contributed by atoms with Gasteiger partial charge in [0.05, 0.1) is 16.9 Å². The topological polar surface area (TPSA) is 56.5 Å². The number of hydrogen-bond donors (Lipinski definition) is 2. The van der Waals surface area contributed by atoms with E-state index in [9.17, 15) is 4.39 Å². The number of hydrogen-bond acceptors (Lipinski definition) is 4. The van der Waals surface area contributed by atoms with Crippen LogP contribution in [-0.2, 0) is 9.31 Å². The van der Waals surface area contributed by atoms with Crippen molar-refractivity contribution in [3.63, 3.8) is 0 Å². The van der Waals surface area contributed by atoms with Gasteiger partial charge in [0.1, 0.15) is 5.82 Å². The number of benzene rings is 1. The molecule has 1 aromatic carbocycles. The molecule has 2 rings (SSSR count). The van der Waals surface area contributed by atoms with Crippen LogP contribution in [0.4, 0.5) is 10.1 Å². The maximum absolute atomic E-state index is 13.6. The van der Waals surface area contributed by atoms with Gasteiger partial charge in [-0.2, -0.15) is 0 Å². The summed E-state index contributed by atoms with van der Waals surface area (Å²) in [6.45, 7) is 8.56. The first-order valence-corrected chi connectivity index (χ1v) is 7.42. The number of likely N-dealkylation sites (N-methyl/N-ethyl adjacent to an activating group) is 1. The molecular weight excluding hydrogens is 282 g/mol. The first-order chi connectivity index (χ1) is 10.2. The van der Waals surface area contributed by atoms with E-state index >= 15 is 0 Å². The minimum atomic E-state index is -0.486. The van der Waals surface area contributed by atoms with Crippen molar-refractivity contribution in [3.05, 3.63) is 35.1 Å². The number of nitrogen functional groups attached to an aromatic ring is 1. The molecule has 1 saturated heterocycles. The van der Waals surface area contributed by atoms with Crippen molar-refractivity contribution in [1.82, 2.24) is 5.32 Å². The summed E-state index contributed by atoms with van der Waals surface area (Å²) < 4.78 is 25.7. The van der Waals surface area contributed by atoms with Crippen molar-refractivity contribution in [2.75, 3.05) is 19.3 Å². The smallest absolute Gasteiger partial charge is 0.400 e. The largest absolute Gasteiger partial charge is 0.491 e. The number of halogens is 1. The van der Waals surface area contributed by atoms with Crippen molar-refractivity contribution >= 4 is 18.9 Å². The lowest BCUT2D eigenvalue weighted by molar-refractivity contribution is 0.00578. The van der Waals surface area contributed by atoms with Gasteiger partial charge in [-0.3, -0.25) is 0 Å². The Balaban J connectivity index is 2.35. The molecule has 1 aliphatic heterocycles. The zero-order valence-corrected chi connectivity index (χ0v) is 13.9. The molecule has 1 aliphatic rings. The van der Waals surface area contributed by atoms with Gasteiger partial charge in [0.15, 0.2) is 0 Å². The van der Waals surface area contributed by atoms with Crippen LogP contribution in [0.5, 0.6) is 0 Å². The van der Waals surface area contributed by atoms with Crippen LogP contribution in [0, 0.1) is 5.82 Å². The number of nitrogens with two attached hydrogens (primary N) is 1. The van der Waals surface area contributed by atoms with Gasteiger partial charge >= 0.3 is 7.12 Å². The quantitative estimate of drug-likeness (QED) is 0.663. The fourth-order valence-electron chi connectivity index (χ4n) is 2.28. The number of para-hydroxylation sites is 1. The molecule has 0 spiro atoms. The Labute approximate surface area is 132 Å². The van der Waals surface area contributed by atoms with Crippen LogP contribution in [0.15, 0.2) is 23.7 Å². The van der Waals surface area contributed by atoms with Crippen molar-refractivity contribution in [2.45, 2.75) is 38.9 Å². The maximum Gasteiger partial charge on any atom is 0.491 e. The molecule has 0 atom stereocenters. The minimum absolute atomic E-state index is 0.132. The zero-order chi connectivity index (χ0) is 16.5. The van der Waals surface area contributed by atoms with Crippen LogP contribution < -0.4 is 11.1 Å². The van der Waals surface area contributed by atoms with Gasteiger partial charge in [0, 0.05) is 6.54 Å². The summed E-state index contributed by atoms with van der Waals surface area (Å²) in [5.41, 5.74) is 6.60. The lowest BCUT2D eigenvalue weighted by Gasteiger charge is -2.32. The van der Waals surface area contributed by atoms with Crippen LogP contribution in [0.25, 0.3) is 6.08 Å². The lowest BCUT2D eigenvalue weighted by Crippen LogP contribution is -2.41. The maximum atomic E-state index is 13.6. The molecule has 0 saturated carbocycles. The first kappa shape index (κ1) is 17.0. The van der Waals surface area contributed by atoms with Crippen molar-refractivity contribution in [2.24, 2.45) is 0 Å². The van der Waals surface area contributed by atoms with E-state index in [1.807, 2.05) is 40.8 Å². The predicted molar refractivity (Wildman–Crippen MR) is 88.8 cm³/mol. The molecule has 0 unspecified atom stereocenters. The van der Waals surface area contributed by atoms with E-state index < -0.39 is 24.1 Å². The fraction of sp³-hybridized carbons (Fsp3) is 0.500. The molecule has 22 heavy (non-hydrogen) atoms. The van der Waals surface area contributed by atoms with Crippen LogP contribution >= 0.6 is 0 Å². The Kier molecular flexibility index (Phi) is 4.66. The van der Waals surface area contributed by atoms with Gasteiger partial charge in [-0.15, -0.1) is 0 Å². The highest BCUT2D eigenvalue weighted by molar-refractivity contribution is 6.56. The Morgan fingerprint density at radius 3 is 2.41 bits per heavy atom. The van der Waals surface area contributed by atoms with Crippen LogP contribution in [0.2, 0.25) is 0 Å². The van der Waals surface area contributed by atoms with Crippen molar-refractivity contribution in [1.29, 1.82) is 0 Å². The highest BCUT2D eigenvalue weighted by Gasteiger charge is 2.52. The van der Waals surface area contributed by atoms with Crippen LogP contribution in [0.3, 0.4) is 0 Å². The molecule has 6 heteroatoms. The molecule has 0 aromatic heterocycles. The molecule has 0 amide bonds. The van der Waals surface area contributed by atoms with E-state index in [-0.39, 0.29) is 5.69 Å². The van der Waals surface area contributed by atoms with Crippen LogP contribution in [-0.4, -0.2) is 31.9 Å². The summed E-state index contributed by atoms with van der Waals surface area (Å²) in [7, 11) is 1.36. The zero-order valence-electron chi connectivity index (χ0n) is 13.9. The van der Waals surface area contributed by atoms with Gasteiger partial charge in [-0.05, 0) is 51.8 Å². The second kappa shape index (κ2) is 6.03. The average molecular weight is 306 g/mol. The van der Waals surface area contributed by atoms with Gasteiger partial charge in [0.2, 0.25) is 0 Å². The third-order valence-electron chi connectivity index (χ3n) is 4.36. The van der Waals surface area contributed by atoms with Crippen molar-refractivity contribution < 1.29 is 13.7 Å². The summed E-state index contributed by atoms with van der Waals surface area (Å²) in [4.78, 5) is 0. The average Bonchev–Trinajstić information content (AvgIpc) is 2.63. The molecule has 1 fully saturated rings. The fourth-order valence-corrected chi connectivity index (χ4v) is 2.28. The number of rotatable bonds is 4. The lowest BCUT2D eigenvalue weighted by atomic mass is 9.77. The highest BCUT2D eigenvalue weighted by Crippen LogP contribution is 2.38. The second-order valence-corrected chi connectivity index (χ2v) is 6.58. The third kappa shape index (κ3) is 3.19. The summed E-state index contributed by atoms with van der Waals surface area (Å²) in [6, 6.07) is 4.76. The van der Waals surface area contributed by atoms with Gasteiger partial charge < -0.3 is 20.4 Å². The number of nitrogens with one attached hydrogen (secondary N) is 1. The molecule has 3 N–H and O–H groups in total. The normalized spacial score (nSPS) is 20.5. The van der Waals surface area contributed by atoms with E-state index in [1.165, 1.54) is 6.07 Å². The molecule has 1 aromatic rings. The van der Waals surface area contributed by atoms with E-state index in [0.717, 1.165) is 5.47 Å². The molecule has 120 valence electrons. The summed E-state index contributed by atoms with van der Waals surface area (Å²) in [6.07, 6.45) is 1.83. The monoisotopic (exact) mass is 306 g/mol. The molecule has 0 aliphatic carbocycles. The molecule has 1 heterocycles. The minimum Gasteiger partial charge on any atom is -0.400 e. The molecule has 0 bridgehead atoms. The standard InChI is InChI=1S/C16H24BFN2O2/c1-15(2)16(3,4)22-17(21-15)12(10-20-5)9-11-7-6-8-13(18)14(11)19/h6-9,20H,10,19H2,1-5H3. The SMILES string of the molecule is CNCC(=Cc1cccc(F)c1N)B1OC(C)(C)C(C)(C)O1. The Morgan fingerprint density at radius 1 is 1.27 bits per heavy atom. The van der Waals surface area contributed by atoms with E-state index in [0.29, 0.717) is 12.1 Å². The predicted octanol–water partition coefficient (Wildman–Crippen LogP) is 2.64. The van der Waals surface area contributed by atoms with Gasteiger partial charge in [-0.25, -0.2) is 4.39 Å². The van der Waals surface area contributed by atoms with E-state index in [1.54, 1.807) is 12.1 Å². The van der Waals surface area contributed by atoms with E-state index in [4.69, 9.17) is 15.0 Å². The van der Waals surface area contributed by atoms with Gasteiger partial charge in [-0.1, -0.05) is 18.2 Å². The summed E-state index contributed by atoms with van der Waals surface area (Å²) >= 11 is 0. The Hall–Kier alpha value is -1.37. The number of anilines is 1. The van der Waals surface area contributed by atoms with E-state index in [2.05, 4.69) is 5.32 Å². The first-order valence-electron chi connectivity index (χ1n) is 7.42. The van der Waals surface area contributed by atoms with Crippen molar-refractivity contribution in [3.8, 4) is 0 Å². The third-order valence-corrected chi connectivity index (χ3v) is 4.36. The second-order valence-electron chi connectivity index (χ2n) is 6.58. The highest BCUT2D eigenvalue weighted by atomic mass is 19.1. The summed E-state index contributed by atoms with van der Waals surface area (Å²) in [5.74, 6) is -0.425. The Bertz CT molecular complexity index is 572. The Morgan fingerprint density at radius 2 is 1.86 bits per heavy atom. The van der Waals surface area contributed by atoms with Crippen LogP contribution in [0.1, 0.15) is 33.3 Å². The molecular formula is C16H24BFN2O2. The molecule has 4 nitrogen and oxygen atoms in total. The van der Waals surface area contributed by atoms with Gasteiger partial charge in [0.25, 0.3) is 0 Å². The molecule has 0 radical (unpaired) electrons. The summed E-state index contributed by atoms with van der Waals surface area (Å²) in [5, 5.41) is 3.09.